The van der Waals surface area contributed by atoms with Crippen LogP contribution < -0.4 is 16.4 Å². The van der Waals surface area contributed by atoms with Gasteiger partial charge in [-0.1, -0.05) is 0 Å². The molecule has 2 aliphatic rings. The fourth-order valence-electron chi connectivity index (χ4n) is 2.81. The second-order valence-corrected chi connectivity index (χ2v) is 7.37. The molecular formula is C19H30N6OS. The van der Waals surface area contributed by atoms with Crippen molar-refractivity contribution in [1.29, 1.82) is 0 Å². The highest BCUT2D eigenvalue weighted by Gasteiger charge is 2.20. The lowest BCUT2D eigenvalue weighted by Gasteiger charge is -2.34. The van der Waals surface area contributed by atoms with Crippen LogP contribution in [0, 0.1) is 0 Å². The highest BCUT2D eigenvalue weighted by molar-refractivity contribution is 7.99. The minimum Gasteiger partial charge on any atom is -0.384 e. The number of rotatable bonds is 2. The molecule has 148 valence electrons. The van der Waals surface area contributed by atoms with Crippen molar-refractivity contribution in [3.63, 3.8) is 0 Å². The second kappa shape index (κ2) is 11.7. The Morgan fingerprint density at radius 2 is 1.89 bits per heavy atom. The molecule has 27 heavy (non-hydrogen) atoms. The Morgan fingerprint density at radius 1 is 1.15 bits per heavy atom. The number of anilines is 2. The van der Waals surface area contributed by atoms with Crippen molar-refractivity contribution in [2.24, 2.45) is 5.73 Å². The quantitative estimate of drug-likeness (QED) is 0.806. The van der Waals surface area contributed by atoms with Crippen molar-refractivity contribution in [2.45, 2.75) is 25.8 Å². The molecule has 8 heteroatoms. The molecular weight excluding hydrogens is 360 g/mol. The van der Waals surface area contributed by atoms with E-state index in [1.807, 2.05) is 12.1 Å². The molecule has 2 aliphatic heterocycles. The third-order valence-corrected chi connectivity index (χ3v) is 5.32. The molecule has 7 nitrogen and oxygen atoms in total. The van der Waals surface area contributed by atoms with Crippen LogP contribution in [-0.4, -0.2) is 59.3 Å². The van der Waals surface area contributed by atoms with Crippen LogP contribution in [0.3, 0.4) is 0 Å². The van der Waals surface area contributed by atoms with E-state index in [0.717, 1.165) is 31.1 Å². The van der Waals surface area contributed by atoms with Gasteiger partial charge < -0.3 is 21.1 Å². The van der Waals surface area contributed by atoms with Crippen LogP contribution in [0.2, 0.25) is 0 Å². The highest BCUT2D eigenvalue weighted by atomic mass is 32.2. The highest BCUT2D eigenvalue weighted by Crippen LogP contribution is 2.21. The third-order valence-electron chi connectivity index (χ3n) is 4.17. The first-order valence-electron chi connectivity index (χ1n) is 9.29. The van der Waals surface area contributed by atoms with E-state index in [-0.39, 0.29) is 0 Å². The SMILES string of the molecule is C1CCSC1.CC1COCCN1c1ccnc(-c2ccnc(N)c2)n1.CN. The Balaban J connectivity index is 0.000000318. The standard InChI is InChI=1S/C14H17N5O.C4H8S.CH5N/c1-10-9-20-7-6-19(10)13-3-5-17-14(18-13)11-2-4-16-12(15)8-11;1-2-4-5-3-1;1-2/h2-5,8,10H,6-7,9H2,1H3,(H2,15,16);1-4H2;2H2,1H3. The van der Waals surface area contributed by atoms with E-state index in [0.29, 0.717) is 17.7 Å². The van der Waals surface area contributed by atoms with Gasteiger partial charge in [0.1, 0.15) is 11.6 Å². The van der Waals surface area contributed by atoms with Crippen molar-refractivity contribution in [3.8, 4) is 11.4 Å². The van der Waals surface area contributed by atoms with Gasteiger partial charge in [-0.3, -0.25) is 0 Å². The topological polar surface area (TPSA) is 103 Å². The van der Waals surface area contributed by atoms with Gasteiger partial charge in [-0.2, -0.15) is 11.8 Å². The summed E-state index contributed by atoms with van der Waals surface area (Å²) in [5, 5.41) is 0. The molecule has 4 rings (SSSR count). The molecule has 1 unspecified atom stereocenters. The first kappa shape index (κ1) is 21.4. The molecule has 0 spiro atoms. The van der Waals surface area contributed by atoms with E-state index in [1.165, 1.54) is 31.4 Å². The number of morpholine rings is 1. The van der Waals surface area contributed by atoms with Crippen molar-refractivity contribution in [3.05, 3.63) is 30.6 Å². The molecule has 0 aliphatic carbocycles. The Hall–Kier alpha value is -1.90. The summed E-state index contributed by atoms with van der Waals surface area (Å²) < 4.78 is 5.45. The van der Waals surface area contributed by atoms with Gasteiger partial charge in [-0.05, 0) is 56.5 Å². The second-order valence-electron chi connectivity index (χ2n) is 6.14. The maximum atomic E-state index is 5.71. The molecule has 4 heterocycles. The summed E-state index contributed by atoms with van der Waals surface area (Å²) >= 11 is 2.07. The lowest BCUT2D eigenvalue weighted by Crippen LogP contribution is -2.44. The third kappa shape index (κ3) is 6.64. The van der Waals surface area contributed by atoms with Crippen molar-refractivity contribution in [2.75, 3.05) is 48.9 Å². The Kier molecular flexibility index (Phi) is 9.30. The fourth-order valence-corrected chi connectivity index (χ4v) is 3.83. The zero-order valence-corrected chi connectivity index (χ0v) is 17.0. The first-order chi connectivity index (χ1) is 13.2. The van der Waals surface area contributed by atoms with Crippen molar-refractivity contribution in [1.82, 2.24) is 15.0 Å². The van der Waals surface area contributed by atoms with Gasteiger partial charge in [0.05, 0.1) is 19.3 Å². The summed E-state index contributed by atoms with van der Waals surface area (Å²) in [5.41, 5.74) is 11.1. The average Bonchev–Trinajstić information content (AvgIpc) is 3.30. The van der Waals surface area contributed by atoms with Gasteiger partial charge in [0.15, 0.2) is 5.82 Å². The van der Waals surface area contributed by atoms with Crippen LogP contribution in [0.25, 0.3) is 11.4 Å². The largest absolute Gasteiger partial charge is 0.384 e. The molecule has 0 saturated carbocycles. The zero-order chi connectivity index (χ0) is 19.5. The van der Waals surface area contributed by atoms with Gasteiger partial charge in [0.25, 0.3) is 0 Å². The summed E-state index contributed by atoms with van der Waals surface area (Å²) in [5.74, 6) is 4.88. The number of aromatic nitrogens is 3. The smallest absolute Gasteiger partial charge is 0.161 e. The number of nitrogens with zero attached hydrogens (tertiary/aromatic N) is 4. The lowest BCUT2D eigenvalue weighted by molar-refractivity contribution is 0.0985. The van der Waals surface area contributed by atoms with Gasteiger partial charge in [0.2, 0.25) is 0 Å². The molecule has 4 N–H and O–H groups in total. The van der Waals surface area contributed by atoms with Crippen LogP contribution in [-0.2, 0) is 4.74 Å². The predicted octanol–water partition coefficient (Wildman–Crippen LogP) is 2.43. The minimum atomic E-state index is 0.314. The fraction of sp³-hybridized carbons (Fsp3) is 0.526. The van der Waals surface area contributed by atoms with E-state index in [4.69, 9.17) is 10.5 Å². The molecule has 0 amide bonds. The summed E-state index contributed by atoms with van der Waals surface area (Å²) in [7, 11) is 1.50. The first-order valence-corrected chi connectivity index (χ1v) is 10.4. The normalized spacial score (nSPS) is 18.8. The number of hydrogen-bond donors (Lipinski definition) is 2. The van der Waals surface area contributed by atoms with E-state index >= 15 is 0 Å². The van der Waals surface area contributed by atoms with Gasteiger partial charge >= 0.3 is 0 Å². The van der Waals surface area contributed by atoms with Crippen LogP contribution in [0.1, 0.15) is 19.8 Å². The maximum absolute atomic E-state index is 5.71. The molecule has 2 fully saturated rings. The number of nitrogen functional groups attached to an aromatic ring is 1. The Labute approximate surface area is 165 Å². The number of nitrogens with two attached hydrogens (primary N) is 2. The van der Waals surface area contributed by atoms with Crippen LogP contribution in [0.5, 0.6) is 0 Å². The Morgan fingerprint density at radius 3 is 2.52 bits per heavy atom. The van der Waals surface area contributed by atoms with Crippen LogP contribution in [0.4, 0.5) is 11.6 Å². The van der Waals surface area contributed by atoms with Crippen LogP contribution in [0.15, 0.2) is 30.6 Å². The number of hydrogen-bond acceptors (Lipinski definition) is 8. The number of thioether (sulfide) groups is 1. The van der Waals surface area contributed by atoms with E-state index in [9.17, 15) is 0 Å². The molecule has 2 saturated heterocycles. The Bertz CT molecular complexity index is 675. The monoisotopic (exact) mass is 390 g/mol. The summed E-state index contributed by atoms with van der Waals surface area (Å²) in [6.45, 7) is 4.43. The maximum Gasteiger partial charge on any atom is 0.161 e. The van der Waals surface area contributed by atoms with E-state index < -0.39 is 0 Å². The minimum absolute atomic E-state index is 0.314. The predicted molar refractivity (Wildman–Crippen MR) is 114 cm³/mol. The molecule has 2 aromatic heterocycles. The number of ether oxygens (including phenoxy) is 1. The summed E-state index contributed by atoms with van der Waals surface area (Å²) in [6.07, 6.45) is 6.36. The van der Waals surface area contributed by atoms with E-state index in [1.54, 1.807) is 18.5 Å². The van der Waals surface area contributed by atoms with E-state index in [2.05, 4.69) is 44.3 Å². The lowest BCUT2D eigenvalue weighted by atomic mass is 10.2. The average molecular weight is 391 g/mol. The molecule has 2 aromatic rings. The summed E-state index contributed by atoms with van der Waals surface area (Å²) in [6, 6.07) is 5.88. The molecule has 1 atom stereocenters. The zero-order valence-electron chi connectivity index (χ0n) is 16.2. The number of pyridine rings is 1. The van der Waals surface area contributed by atoms with Gasteiger partial charge in [0, 0.05) is 24.5 Å². The van der Waals surface area contributed by atoms with Crippen molar-refractivity contribution >= 4 is 23.4 Å². The van der Waals surface area contributed by atoms with Crippen molar-refractivity contribution < 1.29 is 4.74 Å². The van der Waals surface area contributed by atoms with Gasteiger partial charge in [-0.25, -0.2) is 15.0 Å². The molecule has 0 radical (unpaired) electrons. The van der Waals surface area contributed by atoms with Crippen LogP contribution >= 0.6 is 11.8 Å². The summed E-state index contributed by atoms with van der Waals surface area (Å²) in [4.78, 5) is 15.2. The molecule has 0 bridgehead atoms. The van der Waals surface area contributed by atoms with Gasteiger partial charge in [-0.15, -0.1) is 0 Å². The molecule has 0 aromatic carbocycles.